The maximum Gasteiger partial charge on any atom is 0.138 e. The van der Waals surface area contributed by atoms with Crippen LogP contribution in [0.3, 0.4) is 0 Å². The van der Waals surface area contributed by atoms with Crippen molar-refractivity contribution in [3.63, 3.8) is 0 Å². The van der Waals surface area contributed by atoms with Crippen molar-refractivity contribution in [3.8, 4) is 0 Å². The van der Waals surface area contributed by atoms with Crippen molar-refractivity contribution >= 4 is 16.5 Å². The van der Waals surface area contributed by atoms with E-state index < -0.39 is 0 Å². The summed E-state index contributed by atoms with van der Waals surface area (Å²) in [6, 6.07) is 4.51. The average molecular weight is 282 g/mol. The van der Waals surface area contributed by atoms with Crippen molar-refractivity contribution in [2.45, 2.75) is 60.8 Å². The molecule has 0 saturated heterocycles. The fourth-order valence-corrected chi connectivity index (χ4v) is 4.08. The Bertz CT molecular complexity index is 750. The first-order valence-corrected chi connectivity index (χ1v) is 7.94. The maximum atomic E-state index is 6.40. The molecule has 1 heterocycles. The van der Waals surface area contributed by atoms with Crippen LogP contribution in [0.4, 0.5) is 0 Å². The van der Waals surface area contributed by atoms with Crippen molar-refractivity contribution in [2.75, 3.05) is 0 Å². The second-order valence-electron chi connectivity index (χ2n) is 7.81. The molecule has 112 valence electrons. The van der Waals surface area contributed by atoms with Gasteiger partial charge in [-0.05, 0) is 61.3 Å². The van der Waals surface area contributed by atoms with E-state index in [2.05, 4.69) is 60.6 Å². The zero-order valence-electron chi connectivity index (χ0n) is 14.3. The standard InChI is InChI=1S/C20H26O/c1-11-8-14(4)18-15(9-11)16-12(2)10-13(3)17(19(16)21-18)20(5,6)7/h8-9,12H,10H2,1-7H3. The minimum atomic E-state index is 0.121. The summed E-state index contributed by atoms with van der Waals surface area (Å²) in [7, 11) is 0. The van der Waals surface area contributed by atoms with Crippen LogP contribution in [0.25, 0.3) is 16.5 Å². The lowest BCUT2D eigenvalue weighted by molar-refractivity contribution is 0.502. The highest BCUT2D eigenvalue weighted by Gasteiger charge is 2.34. The molecule has 1 heteroatoms. The fourth-order valence-electron chi connectivity index (χ4n) is 4.08. The minimum Gasteiger partial charge on any atom is -0.456 e. The van der Waals surface area contributed by atoms with Crippen LogP contribution in [-0.4, -0.2) is 0 Å². The van der Waals surface area contributed by atoms with E-state index >= 15 is 0 Å². The van der Waals surface area contributed by atoms with Gasteiger partial charge in [0.25, 0.3) is 0 Å². The third kappa shape index (κ3) is 2.14. The lowest BCUT2D eigenvalue weighted by atomic mass is 9.73. The molecular formula is C20H26O. The summed E-state index contributed by atoms with van der Waals surface area (Å²) in [5, 5.41) is 1.32. The molecular weight excluding hydrogens is 256 g/mol. The Morgan fingerprint density at radius 1 is 1.10 bits per heavy atom. The van der Waals surface area contributed by atoms with E-state index in [1.807, 2.05) is 0 Å². The highest BCUT2D eigenvalue weighted by atomic mass is 16.3. The zero-order valence-corrected chi connectivity index (χ0v) is 14.3. The van der Waals surface area contributed by atoms with Crippen LogP contribution in [0.5, 0.6) is 0 Å². The third-order valence-electron chi connectivity index (χ3n) is 4.67. The maximum absolute atomic E-state index is 6.40. The molecule has 1 aliphatic carbocycles. The van der Waals surface area contributed by atoms with Gasteiger partial charge in [0.1, 0.15) is 11.3 Å². The van der Waals surface area contributed by atoms with E-state index in [9.17, 15) is 0 Å². The third-order valence-corrected chi connectivity index (χ3v) is 4.67. The van der Waals surface area contributed by atoms with Crippen molar-refractivity contribution in [3.05, 3.63) is 40.2 Å². The van der Waals surface area contributed by atoms with Crippen molar-refractivity contribution in [1.82, 2.24) is 0 Å². The van der Waals surface area contributed by atoms with Crippen LogP contribution in [-0.2, 0) is 0 Å². The van der Waals surface area contributed by atoms with Gasteiger partial charge in [0.15, 0.2) is 0 Å². The van der Waals surface area contributed by atoms with Gasteiger partial charge in [0.2, 0.25) is 0 Å². The molecule has 1 atom stereocenters. The summed E-state index contributed by atoms with van der Waals surface area (Å²) < 4.78 is 6.40. The predicted molar refractivity (Wildman–Crippen MR) is 90.8 cm³/mol. The Kier molecular flexibility index (Phi) is 3.09. The second-order valence-corrected chi connectivity index (χ2v) is 7.81. The van der Waals surface area contributed by atoms with Crippen LogP contribution in [0.1, 0.15) is 69.4 Å². The molecule has 0 radical (unpaired) electrons. The summed E-state index contributed by atoms with van der Waals surface area (Å²) >= 11 is 0. The smallest absolute Gasteiger partial charge is 0.138 e. The SMILES string of the molecule is CC1=C(C(C)(C)C)c2oc3c(C)cc(C)cc3c2C(C)C1. The van der Waals surface area contributed by atoms with Gasteiger partial charge >= 0.3 is 0 Å². The normalized spacial score (nSPS) is 19.3. The Labute approximate surface area is 128 Å². The number of hydrogen-bond acceptors (Lipinski definition) is 1. The van der Waals surface area contributed by atoms with E-state index in [1.54, 1.807) is 0 Å². The molecule has 1 nitrogen and oxygen atoms in total. The monoisotopic (exact) mass is 282 g/mol. The van der Waals surface area contributed by atoms with E-state index in [-0.39, 0.29) is 5.41 Å². The first kappa shape index (κ1) is 14.4. The molecule has 0 N–H and O–H groups in total. The van der Waals surface area contributed by atoms with E-state index in [0.29, 0.717) is 5.92 Å². The predicted octanol–water partition coefficient (Wildman–Crippen LogP) is 6.38. The first-order chi connectivity index (χ1) is 9.70. The average Bonchev–Trinajstić information content (AvgIpc) is 2.66. The number of furan rings is 1. The van der Waals surface area contributed by atoms with E-state index in [0.717, 1.165) is 17.8 Å². The van der Waals surface area contributed by atoms with Crippen molar-refractivity contribution in [1.29, 1.82) is 0 Å². The number of hydrogen-bond donors (Lipinski definition) is 0. The lowest BCUT2D eigenvalue weighted by Gasteiger charge is -2.30. The molecule has 0 fully saturated rings. The molecule has 21 heavy (non-hydrogen) atoms. The van der Waals surface area contributed by atoms with Gasteiger partial charge in [-0.15, -0.1) is 0 Å². The number of allylic oxidation sites excluding steroid dienone is 2. The van der Waals surface area contributed by atoms with Gasteiger partial charge in [0.05, 0.1) is 0 Å². The molecule has 1 aromatic heterocycles. The first-order valence-electron chi connectivity index (χ1n) is 7.94. The summed E-state index contributed by atoms with van der Waals surface area (Å²) in [5.74, 6) is 1.68. The molecule has 0 saturated carbocycles. The Hall–Kier alpha value is -1.50. The summed E-state index contributed by atoms with van der Waals surface area (Å²) in [4.78, 5) is 0. The van der Waals surface area contributed by atoms with Gasteiger partial charge in [0, 0.05) is 10.9 Å². The van der Waals surface area contributed by atoms with Crippen molar-refractivity contribution < 1.29 is 4.42 Å². The number of benzene rings is 1. The summed E-state index contributed by atoms with van der Waals surface area (Å²) in [6.07, 6.45) is 1.14. The molecule has 1 unspecified atom stereocenters. The van der Waals surface area contributed by atoms with E-state index in [1.165, 1.54) is 33.2 Å². The van der Waals surface area contributed by atoms with Crippen LogP contribution >= 0.6 is 0 Å². The molecule has 0 aliphatic heterocycles. The Balaban J connectivity index is 2.41. The number of fused-ring (bicyclic) bond motifs is 3. The molecule has 0 spiro atoms. The quantitative estimate of drug-likeness (QED) is 0.546. The van der Waals surface area contributed by atoms with Gasteiger partial charge in [-0.1, -0.05) is 39.3 Å². The highest BCUT2D eigenvalue weighted by molar-refractivity contribution is 5.92. The molecule has 1 aromatic carbocycles. The van der Waals surface area contributed by atoms with Gasteiger partial charge < -0.3 is 4.42 Å². The second kappa shape index (κ2) is 4.50. The Morgan fingerprint density at radius 3 is 2.38 bits per heavy atom. The van der Waals surface area contributed by atoms with Gasteiger partial charge in [-0.3, -0.25) is 0 Å². The number of rotatable bonds is 0. The largest absolute Gasteiger partial charge is 0.456 e. The molecule has 2 aromatic rings. The Morgan fingerprint density at radius 2 is 1.76 bits per heavy atom. The van der Waals surface area contributed by atoms with Crippen LogP contribution < -0.4 is 0 Å². The molecule has 3 rings (SSSR count). The fraction of sp³-hybridized carbons (Fsp3) is 0.500. The molecule has 0 amide bonds. The van der Waals surface area contributed by atoms with Crippen LogP contribution in [0.15, 0.2) is 22.1 Å². The summed E-state index contributed by atoms with van der Waals surface area (Å²) in [5.41, 5.74) is 8.08. The number of aryl methyl sites for hydroxylation is 2. The minimum absolute atomic E-state index is 0.121. The summed E-state index contributed by atoms with van der Waals surface area (Å²) in [6.45, 7) is 15.8. The molecule has 0 bridgehead atoms. The van der Waals surface area contributed by atoms with Crippen LogP contribution in [0, 0.1) is 19.3 Å². The van der Waals surface area contributed by atoms with Gasteiger partial charge in [-0.2, -0.15) is 0 Å². The highest BCUT2D eigenvalue weighted by Crippen LogP contribution is 2.50. The molecule has 1 aliphatic rings. The van der Waals surface area contributed by atoms with Crippen molar-refractivity contribution in [2.24, 2.45) is 5.41 Å². The topological polar surface area (TPSA) is 13.1 Å². The van der Waals surface area contributed by atoms with Crippen LogP contribution in [0.2, 0.25) is 0 Å². The zero-order chi connectivity index (χ0) is 15.5. The van der Waals surface area contributed by atoms with Gasteiger partial charge in [-0.25, -0.2) is 0 Å². The lowest BCUT2D eigenvalue weighted by Crippen LogP contribution is -2.16. The van der Waals surface area contributed by atoms with E-state index in [4.69, 9.17) is 4.42 Å².